The molecule has 0 aliphatic heterocycles. The summed E-state index contributed by atoms with van der Waals surface area (Å²) in [6.07, 6.45) is 69.2. The Labute approximate surface area is 415 Å². The first kappa shape index (κ1) is 64.1. The molecule has 0 bridgehead atoms. The number of allylic oxidation sites excluding steroid dienone is 10. The standard InChI is InChI=1S/C61H108O6/c1-4-7-10-13-16-19-22-25-28-29-30-31-34-36-39-42-45-48-51-54-60(63)66-57-58(67-61(64)55-52-49-46-43-40-37-33-27-24-21-18-15-12-9-6-3)56-65-59(62)53-50-47-44-41-38-35-32-26-23-20-17-14-11-8-5-2/h9,12,15-16,18-19,21-22,24-25,58H,4-8,10-11,13-14,17,20,23,26-57H2,1-3H3/b12-9-,18-15-,19-16-,24-21-,25-22-. The van der Waals surface area contributed by atoms with Gasteiger partial charge in [-0.3, -0.25) is 14.4 Å². The summed E-state index contributed by atoms with van der Waals surface area (Å²) < 4.78 is 16.9. The van der Waals surface area contributed by atoms with E-state index in [0.29, 0.717) is 19.3 Å². The third-order valence-corrected chi connectivity index (χ3v) is 12.6. The molecule has 0 rings (SSSR count). The number of carbonyl (C=O) groups excluding carboxylic acids is 3. The average Bonchev–Trinajstić information content (AvgIpc) is 3.33. The molecule has 0 aliphatic carbocycles. The van der Waals surface area contributed by atoms with E-state index in [2.05, 4.69) is 81.5 Å². The van der Waals surface area contributed by atoms with Crippen molar-refractivity contribution in [1.29, 1.82) is 0 Å². The summed E-state index contributed by atoms with van der Waals surface area (Å²) in [5.41, 5.74) is 0. The molecule has 0 aromatic carbocycles. The molecule has 1 atom stereocenters. The van der Waals surface area contributed by atoms with Crippen molar-refractivity contribution in [2.45, 2.75) is 297 Å². The number of hydrogen-bond acceptors (Lipinski definition) is 6. The van der Waals surface area contributed by atoms with Crippen LogP contribution in [0.3, 0.4) is 0 Å². The van der Waals surface area contributed by atoms with Gasteiger partial charge >= 0.3 is 17.9 Å². The molecule has 0 spiro atoms. The quantitative estimate of drug-likeness (QED) is 0.0262. The van der Waals surface area contributed by atoms with E-state index < -0.39 is 6.10 Å². The fourth-order valence-electron chi connectivity index (χ4n) is 8.26. The van der Waals surface area contributed by atoms with Crippen molar-refractivity contribution in [3.8, 4) is 0 Å². The van der Waals surface area contributed by atoms with Crippen molar-refractivity contribution in [3.05, 3.63) is 60.8 Å². The van der Waals surface area contributed by atoms with Gasteiger partial charge in [-0.25, -0.2) is 0 Å². The van der Waals surface area contributed by atoms with Gasteiger partial charge in [0, 0.05) is 19.3 Å². The molecule has 0 radical (unpaired) electrons. The predicted octanol–water partition coefficient (Wildman–Crippen LogP) is 19.2. The van der Waals surface area contributed by atoms with E-state index in [-0.39, 0.29) is 31.1 Å². The van der Waals surface area contributed by atoms with Crippen LogP contribution in [-0.2, 0) is 28.6 Å². The summed E-state index contributed by atoms with van der Waals surface area (Å²) in [4.78, 5) is 38.2. The number of rotatable bonds is 52. The number of esters is 3. The average molecular weight is 938 g/mol. The van der Waals surface area contributed by atoms with Gasteiger partial charge in [0.1, 0.15) is 13.2 Å². The molecule has 6 heteroatoms. The smallest absolute Gasteiger partial charge is 0.306 e. The summed E-state index contributed by atoms with van der Waals surface area (Å²) >= 11 is 0. The van der Waals surface area contributed by atoms with Crippen molar-refractivity contribution in [2.75, 3.05) is 13.2 Å². The third kappa shape index (κ3) is 53.9. The molecule has 0 aromatic heterocycles. The Morgan fingerprint density at radius 1 is 0.313 bits per heavy atom. The second-order valence-electron chi connectivity index (χ2n) is 19.3. The minimum Gasteiger partial charge on any atom is -0.462 e. The van der Waals surface area contributed by atoms with Gasteiger partial charge in [-0.15, -0.1) is 0 Å². The monoisotopic (exact) mass is 937 g/mol. The molecule has 0 amide bonds. The second kappa shape index (κ2) is 55.7. The van der Waals surface area contributed by atoms with Crippen LogP contribution in [0.1, 0.15) is 290 Å². The highest BCUT2D eigenvalue weighted by atomic mass is 16.6. The molecular formula is C61H108O6. The van der Waals surface area contributed by atoms with Crippen molar-refractivity contribution >= 4 is 17.9 Å². The van der Waals surface area contributed by atoms with Gasteiger partial charge < -0.3 is 14.2 Å². The minimum atomic E-state index is -0.780. The normalized spacial score (nSPS) is 12.5. The van der Waals surface area contributed by atoms with Crippen LogP contribution in [0.15, 0.2) is 60.8 Å². The van der Waals surface area contributed by atoms with Crippen molar-refractivity contribution in [1.82, 2.24) is 0 Å². The highest BCUT2D eigenvalue weighted by Crippen LogP contribution is 2.16. The van der Waals surface area contributed by atoms with Crippen LogP contribution in [-0.4, -0.2) is 37.2 Å². The van der Waals surface area contributed by atoms with Gasteiger partial charge in [0.2, 0.25) is 0 Å². The molecule has 0 heterocycles. The van der Waals surface area contributed by atoms with E-state index in [1.807, 2.05) is 0 Å². The van der Waals surface area contributed by atoms with Gasteiger partial charge in [-0.05, 0) is 64.2 Å². The van der Waals surface area contributed by atoms with Gasteiger partial charge in [-0.2, -0.15) is 0 Å². The SMILES string of the molecule is CC\C=C/C=C\C=C/CCCCCCCCCC(=O)OC(COC(=O)CCCCCCCCCCCC/C=C\C=C/CCCCC)COC(=O)CCCCCCCCCCCCCCCCC. The summed E-state index contributed by atoms with van der Waals surface area (Å²) in [7, 11) is 0. The topological polar surface area (TPSA) is 78.9 Å². The van der Waals surface area contributed by atoms with Crippen LogP contribution < -0.4 is 0 Å². The first-order valence-electron chi connectivity index (χ1n) is 28.8. The Bertz CT molecular complexity index is 1210. The van der Waals surface area contributed by atoms with E-state index in [1.165, 1.54) is 180 Å². The zero-order valence-electron chi connectivity index (χ0n) is 44.4. The lowest BCUT2D eigenvalue weighted by molar-refractivity contribution is -0.167. The Kier molecular flexibility index (Phi) is 53.3. The molecule has 0 aromatic rings. The summed E-state index contributed by atoms with van der Waals surface area (Å²) in [5.74, 6) is -0.881. The first-order valence-corrected chi connectivity index (χ1v) is 28.8. The second-order valence-corrected chi connectivity index (χ2v) is 19.3. The van der Waals surface area contributed by atoms with Crippen molar-refractivity contribution < 1.29 is 28.6 Å². The van der Waals surface area contributed by atoms with E-state index in [4.69, 9.17) is 14.2 Å². The molecule has 0 N–H and O–H groups in total. The van der Waals surface area contributed by atoms with Crippen LogP contribution in [0.2, 0.25) is 0 Å². The molecule has 388 valence electrons. The summed E-state index contributed by atoms with van der Waals surface area (Å²) in [6.45, 7) is 6.50. The lowest BCUT2D eigenvalue weighted by atomic mass is 10.0. The summed E-state index contributed by atoms with van der Waals surface area (Å²) in [5, 5.41) is 0. The maximum absolute atomic E-state index is 12.8. The summed E-state index contributed by atoms with van der Waals surface area (Å²) in [6, 6.07) is 0. The maximum atomic E-state index is 12.8. The fraction of sp³-hybridized carbons (Fsp3) is 0.787. The lowest BCUT2D eigenvalue weighted by Crippen LogP contribution is -2.30. The Hall–Kier alpha value is -2.89. The molecule has 6 nitrogen and oxygen atoms in total. The van der Waals surface area contributed by atoms with E-state index in [9.17, 15) is 14.4 Å². The molecule has 67 heavy (non-hydrogen) atoms. The van der Waals surface area contributed by atoms with Crippen LogP contribution in [0.4, 0.5) is 0 Å². The Morgan fingerprint density at radius 2 is 0.582 bits per heavy atom. The number of unbranched alkanes of at least 4 members (excludes halogenated alkanes) is 34. The fourth-order valence-corrected chi connectivity index (χ4v) is 8.26. The zero-order valence-corrected chi connectivity index (χ0v) is 44.4. The molecule has 0 saturated carbocycles. The largest absolute Gasteiger partial charge is 0.462 e. The van der Waals surface area contributed by atoms with Crippen LogP contribution >= 0.6 is 0 Å². The Morgan fingerprint density at radius 3 is 0.940 bits per heavy atom. The zero-order chi connectivity index (χ0) is 48.6. The van der Waals surface area contributed by atoms with Crippen molar-refractivity contribution in [2.24, 2.45) is 0 Å². The number of carbonyl (C=O) groups is 3. The number of ether oxygens (including phenoxy) is 3. The predicted molar refractivity (Wildman–Crippen MR) is 288 cm³/mol. The van der Waals surface area contributed by atoms with E-state index in [1.54, 1.807) is 0 Å². The van der Waals surface area contributed by atoms with Crippen molar-refractivity contribution in [3.63, 3.8) is 0 Å². The molecule has 0 aliphatic rings. The van der Waals surface area contributed by atoms with Gasteiger partial charge in [-0.1, -0.05) is 268 Å². The number of hydrogen-bond donors (Lipinski definition) is 0. The van der Waals surface area contributed by atoms with Gasteiger partial charge in [0.15, 0.2) is 6.10 Å². The van der Waals surface area contributed by atoms with Gasteiger partial charge in [0.05, 0.1) is 0 Å². The maximum Gasteiger partial charge on any atom is 0.306 e. The lowest BCUT2D eigenvalue weighted by Gasteiger charge is -2.18. The third-order valence-electron chi connectivity index (χ3n) is 12.6. The molecular weight excluding hydrogens is 829 g/mol. The highest BCUT2D eigenvalue weighted by molar-refractivity contribution is 5.71. The molecule has 0 saturated heterocycles. The minimum absolute atomic E-state index is 0.0775. The van der Waals surface area contributed by atoms with Crippen LogP contribution in [0, 0.1) is 0 Å². The Balaban J connectivity index is 4.36. The molecule has 1 unspecified atom stereocenters. The first-order chi connectivity index (χ1) is 33.0. The molecule has 0 fully saturated rings. The van der Waals surface area contributed by atoms with Crippen LogP contribution in [0.25, 0.3) is 0 Å². The van der Waals surface area contributed by atoms with Gasteiger partial charge in [0.25, 0.3) is 0 Å². The van der Waals surface area contributed by atoms with E-state index in [0.717, 1.165) is 70.6 Å². The highest BCUT2D eigenvalue weighted by Gasteiger charge is 2.19. The van der Waals surface area contributed by atoms with E-state index >= 15 is 0 Å². The van der Waals surface area contributed by atoms with Crippen LogP contribution in [0.5, 0.6) is 0 Å².